The van der Waals surface area contributed by atoms with Crippen molar-refractivity contribution >= 4 is 16.9 Å². The smallest absolute Gasteiger partial charge is 0.138 e. The highest BCUT2D eigenvalue weighted by Crippen LogP contribution is 2.32. The van der Waals surface area contributed by atoms with E-state index < -0.39 is 0 Å². The van der Waals surface area contributed by atoms with Crippen molar-refractivity contribution in [3.63, 3.8) is 0 Å². The molecule has 4 rings (SSSR count). The second-order valence-electron chi connectivity index (χ2n) is 9.57. The van der Waals surface area contributed by atoms with Gasteiger partial charge in [0.2, 0.25) is 0 Å². The van der Waals surface area contributed by atoms with Crippen LogP contribution in [0.15, 0.2) is 103 Å². The molecule has 0 amide bonds. The Kier molecular flexibility index (Phi) is 9.39. The Bertz CT molecular complexity index is 1390. The van der Waals surface area contributed by atoms with Gasteiger partial charge in [-0.2, -0.15) is 10.5 Å². The maximum absolute atomic E-state index is 9.77. The Morgan fingerprint density at radius 3 is 1.00 bits per heavy atom. The second-order valence-corrected chi connectivity index (χ2v) is 9.57. The van der Waals surface area contributed by atoms with Gasteiger partial charge in [-0.3, -0.25) is 0 Å². The molecule has 4 nitrogen and oxygen atoms in total. The number of nitriles is 2. The molecule has 0 saturated carbocycles. The maximum atomic E-state index is 9.77. The van der Waals surface area contributed by atoms with Gasteiger partial charge in [0, 0.05) is 43.1 Å². The summed E-state index contributed by atoms with van der Waals surface area (Å²) in [5, 5.41) is 19.5. The van der Waals surface area contributed by atoms with Gasteiger partial charge >= 0.3 is 0 Å². The van der Waals surface area contributed by atoms with Crippen LogP contribution >= 0.6 is 0 Å². The van der Waals surface area contributed by atoms with Gasteiger partial charge in [0.25, 0.3) is 0 Å². The van der Waals surface area contributed by atoms with Crippen molar-refractivity contribution in [2.45, 2.75) is 27.7 Å². The van der Waals surface area contributed by atoms with Crippen LogP contribution in [0, 0.1) is 22.7 Å². The average Bonchev–Trinajstić information content (AvgIpc) is 3.02. The Hall–Kier alpha value is -4.80. The van der Waals surface area contributed by atoms with E-state index in [1.54, 1.807) is 0 Å². The second kappa shape index (κ2) is 13.3. The summed E-state index contributed by atoms with van der Waals surface area (Å²) in [6, 6.07) is 37.6. The lowest BCUT2D eigenvalue weighted by Crippen LogP contribution is -2.21. The van der Waals surface area contributed by atoms with E-state index in [1.807, 2.05) is 24.3 Å². The Balaban J connectivity index is 1.61. The first kappa shape index (κ1) is 28.2. The molecule has 0 aromatic heterocycles. The molecular formula is C36H36N4. The summed E-state index contributed by atoms with van der Waals surface area (Å²) in [6.07, 6.45) is 0. The van der Waals surface area contributed by atoms with E-state index in [-0.39, 0.29) is 5.57 Å². The fraction of sp³-hybridized carbons (Fsp3) is 0.222. The largest absolute Gasteiger partial charge is 0.372 e. The van der Waals surface area contributed by atoms with Crippen molar-refractivity contribution in [3.8, 4) is 34.4 Å². The summed E-state index contributed by atoms with van der Waals surface area (Å²) < 4.78 is 0. The van der Waals surface area contributed by atoms with Crippen molar-refractivity contribution in [3.05, 3.63) is 114 Å². The van der Waals surface area contributed by atoms with Gasteiger partial charge in [-0.25, -0.2) is 0 Å². The number of rotatable bonds is 10. The van der Waals surface area contributed by atoms with Gasteiger partial charge in [-0.05, 0) is 85.3 Å². The highest BCUT2D eigenvalue weighted by Gasteiger charge is 2.13. The molecule has 0 unspecified atom stereocenters. The number of hydrogen-bond donors (Lipinski definition) is 0. The summed E-state index contributed by atoms with van der Waals surface area (Å²) in [5.74, 6) is 0. The van der Waals surface area contributed by atoms with Crippen LogP contribution in [-0.4, -0.2) is 26.2 Å². The Morgan fingerprint density at radius 2 is 0.750 bits per heavy atom. The normalized spacial score (nSPS) is 10.3. The lowest BCUT2D eigenvalue weighted by atomic mass is 9.91. The quantitative estimate of drug-likeness (QED) is 0.195. The zero-order valence-electron chi connectivity index (χ0n) is 23.9. The SMILES string of the molecule is CCN(CC)c1ccc(-c2ccc(C(=C(C#N)C#N)c3ccc(-c4ccc(N(CC)CC)cc4)cc3)cc2)cc1. The minimum absolute atomic E-state index is 0.104. The molecule has 0 aliphatic rings. The van der Waals surface area contributed by atoms with Crippen molar-refractivity contribution in [1.82, 2.24) is 0 Å². The molecule has 4 aromatic rings. The van der Waals surface area contributed by atoms with Crippen LogP contribution in [0.2, 0.25) is 0 Å². The van der Waals surface area contributed by atoms with Gasteiger partial charge < -0.3 is 9.80 Å². The van der Waals surface area contributed by atoms with Crippen LogP contribution in [-0.2, 0) is 0 Å². The van der Waals surface area contributed by atoms with E-state index in [0.717, 1.165) is 59.6 Å². The van der Waals surface area contributed by atoms with Crippen LogP contribution in [0.5, 0.6) is 0 Å². The van der Waals surface area contributed by atoms with Crippen LogP contribution < -0.4 is 9.80 Å². The fourth-order valence-corrected chi connectivity index (χ4v) is 5.16. The minimum atomic E-state index is 0.104. The van der Waals surface area contributed by atoms with Crippen molar-refractivity contribution in [1.29, 1.82) is 10.5 Å². The summed E-state index contributed by atoms with van der Waals surface area (Å²) in [7, 11) is 0. The maximum Gasteiger partial charge on any atom is 0.138 e. The molecule has 4 aromatic carbocycles. The molecule has 40 heavy (non-hydrogen) atoms. The third-order valence-electron chi connectivity index (χ3n) is 7.48. The van der Waals surface area contributed by atoms with Crippen molar-refractivity contribution < 1.29 is 0 Å². The van der Waals surface area contributed by atoms with Crippen LogP contribution in [0.3, 0.4) is 0 Å². The van der Waals surface area contributed by atoms with E-state index in [2.05, 4.69) is 122 Å². The Morgan fingerprint density at radius 1 is 0.475 bits per heavy atom. The highest BCUT2D eigenvalue weighted by molar-refractivity contribution is 5.88. The summed E-state index contributed by atoms with van der Waals surface area (Å²) >= 11 is 0. The van der Waals surface area contributed by atoms with Gasteiger partial charge in [0.05, 0.1) is 0 Å². The van der Waals surface area contributed by atoms with Crippen molar-refractivity contribution in [2.75, 3.05) is 36.0 Å². The van der Waals surface area contributed by atoms with Gasteiger partial charge in [-0.15, -0.1) is 0 Å². The molecule has 0 radical (unpaired) electrons. The van der Waals surface area contributed by atoms with Gasteiger partial charge in [0.1, 0.15) is 17.7 Å². The van der Waals surface area contributed by atoms with E-state index in [1.165, 1.54) is 11.4 Å². The molecule has 200 valence electrons. The third-order valence-corrected chi connectivity index (χ3v) is 7.48. The highest BCUT2D eigenvalue weighted by atomic mass is 15.1. The molecule has 0 heterocycles. The van der Waals surface area contributed by atoms with E-state index >= 15 is 0 Å². The minimum Gasteiger partial charge on any atom is -0.372 e. The molecule has 0 atom stereocenters. The first-order valence-corrected chi connectivity index (χ1v) is 14.0. The third kappa shape index (κ3) is 6.09. The first-order chi connectivity index (χ1) is 19.6. The average molecular weight is 525 g/mol. The fourth-order valence-electron chi connectivity index (χ4n) is 5.16. The topological polar surface area (TPSA) is 54.1 Å². The van der Waals surface area contributed by atoms with Crippen LogP contribution in [0.4, 0.5) is 11.4 Å². The molecule has 0 aliphatic carbocycles. The number of anilines is 2. The van der Waals surface area contributed by atoms with Crippen molar-refractivity contribution in [2.24, 2.45) is 0 Å². The standard InChI is InChI=1S/C36H36N4/c1-5-39(6-2)34-21-17-29(18-22-34)27-9-13-31(14-10-27)36(33(25-37)26-38)32-15-11-28(12-16-32)30-19-23-35(24-20-30)40(7-3)8-4/h9-24H,5-8H2,1-4H3. The lowest BCUT2D eigenvalue weighted by molar-refractivity contribution is 0.866. The molecule has 0 spiro atoms. The molecule has 0 saturated heterocycles. The predicted octanol–water partition coefficient (Wildman–Crippen LogP) is 8.56. The molecule has 0 aliphatic heterocycles. The molecule has 4 heteroatoms. The molecule has 0 bridgehead atoms. The lowest BCUT2D eigenvalue weighted by Gasteiger charge is -2.21. The predicted molar refractivity (Wildman–Crippen MR) is 168 cm³/mol. The first-order valence-electron chi connectivity index (χ1n) is 14.0. The van der Waals surface area contributed by atoms with Crippen LogP contribution in [0.1, 0.15) is 38.8 Å². The van der Waals surface area contributed by atoms with Gasteiger partial charge in [0.15, 0.2) is 0 Å². The Labute approximate surface area is 239 Å². The number of allylic oxidation sites excluding steroid dienone is 1. The molecule has 0 fully saturated rings. The van der Waals surface area contributed by atoms with Crippen LogP contribution in [0.25, 0.3) is 27.8 Å². The summed E-state index contributed by atoms with van der Waals surface area (Å²) in [4.78, 5) is 4.64. The van der Waals surface area contributed by atoms with Gasteiger partial charge in [-0.1, -0.05) is 72.8 Å². The van der Waals surface area contributed by atoms with E-state index in [0.29, 0.717) is 5.57 Å². The number of benzene rings is 4. The number of nitrogens with zero attached hydrogens (tertiary/aromatic N) is 4. The number of hydrogen-bond acceptors (Lipinski definition) is 4. The van der Waals surface area contributed by atoms with E-state index in [4.69, 9.17) is 0 Å². The zero-order chi connectivity index (χ0) is 28.5. The molecule has 0 N–H and O–H groups in total. The summed E-state index contributed by atoms with van der Waals surface area (Å²) in [6.45, 7) is 12.6. The molecular weight excluding hydrogens is 488 g/mol. The summed E-state index contributed by atoms with van der Waals surface area (Å²) in [5.41, 5.74) is 9.31. The zero-order valence-corrected chi connectivity index (χ0v) is 23.9. The monoisotopic (exact) mass is 524 g/mol. The van der Waals surface area contributed by atoms with E-state index in [9.17, 15) is 10.5 Å².